The molecule has 0 aliphatic carbocycles. The van der Waals surface area contributed by atoms with Crippen molar-refractivity contribution in [3.63, 3.8) is 0 Å². The maximum Gasteiger partial charge on any atom is 0.244 e. The van der Waals surface area contributed by atoms with E-state index < -0.39 is 10.0 Å². The van der Waals surface area contributed by atoms with Gasteiger partial charge in [-0.25, -0.2) is 13.4 Å². The summed E-state index contributed by atoms with van der Waals surface area (Å²) in [6.45, 7) is 2.72. The molecule has 1 aromatic heterocycles. The zero-order chi connectivity index (χ0) is 13.6. The molecule has 1 rings (SSSR count). The van der Waals surface area contributed by atoms with Gasteiger partial charge in [0.25, 0.3) is 0 Å². The molecular weight excluding hydrogens is 254 g/mol. The highest BCUT2D eigenvalue weighted by atomic mass is 32.2. The molecule has 1 aromatic rings. The third kappa shape index (κ3) is 3.26. The minimum Gasteiger partial charge on any atom is -0.383 e. The lowest BCUT2D eigenvalue weighted by Crippen LogP contribution is -2.33. The van der Waals surface area contributed by atoms with Crippen LogP contribution in [0.25, 0.3) is 0 Å². The second kappa shape index (κ2) is 6.44. The third-order valence-corrected chi connectivity index (χ3v) is 4.34. The summed E-state index contributed by atoms with van der Waals surface area (Å²) < 4.78 is 30.6. The van der Waals surface area contributed by atoms with Gasteiger partial charge in [-0.05, 0) is 12.1 Å². The van der Waals surface area contributed by atoms with E-state index in [9.17, 15) is 8.42 Å². The van der Waals surface area contributed by atoms with E-state index in [4.69, 9.17) is 10.00 Å². The number of nitrogens with zero attached hydrogens (tertiary/aromatic N) is 3. The number of rotatable bonds is 6. The second-order valence-corrected chi connectivity index (χ2v) is 5.42. The van der Waals surface area contributed by atoms with Gasteiger partial charge >= 0.3 is 0 Å². The fourth-order valence-electron chi connectivity index (χ4n) is 1.39. The van der Waals surface area contributed by atoms with Gasteiger partial charge in [0, 0.05) is 26.4 Å². The average molecular weight is 269 g/mol. The lowest BCUT2D eigenvalue weighted by atomic mass is 10.4. The van der Waals surface area contributed by atoms with Crippen molar-refractivity contribution in [1.29, 1.82) is 5.26 Å². The van der Waals surface area contributed by atoms with Crippen molar-refractivity contribution in [3.05, 3.63) is 24.0 Å². The van der Waals surface area contributed by atoms with Crippen molar-refractivity contribution in [2.75, 3.05) is 26.8 Å². The molecule has 7 heteroatoms. The SMILES string of the molecule is CCN(CCOC)S(=O)(=O)c1ccc(C#N)nc1. The standard InChI is InChI=1S/C11H15N3O3S/c1-3-14(6-7-17-2)18(15,16)11-5-4-10(8-12)13-9-11/h4-5,9H,3,6-7H2,1-2H3. The van der Waals surface area contributed by atoms with Crippen molar-refractivity contribution < 1.29 is 13.2 Å². The molecule has 0 unspecified atom stereocenters. The molecule has 0 saturated carbocycles. The van der Waals surface area contributed by atoms with Crippen molar-refractivity contribution in [2.24, 2.45) is 0 Å². The first-order valence-electron chi connectivity index (χ1n) is 5.41. The molecule has 0 aliphatic rings. The molecule has 0 saturated heterocycles. The maximum atomic E-state index is 12.2. The molecule has 0 aliphatic heterocycles. The van der Waals surface area contributed by atoms with Gasteiger partial charge in [-0.15, -0.1) is 0 Å². The number of hydrogen-bond acceptors (Lipinski definition) is 5. The number of ether oxygens (including phenoxy) is 1. The summed E-state index contributed by atoms with van der Waals surface area (Å²) in [7, 11) is -2.05. The van der Waals surface area contributed by atoms with Gasteiger partial charge < -0.3 is 4.74 Å². The van der Waals surface area contributed by atoms with Crippen LogP contribution in [0.4, 0.5) is 0 Å². The Balaban J connectivity index is 2.99. The summed E-state index contributed by atoms with van der Waals surface area (Å²) in [5.41, 5.74) is 0.189. The van der Waals surface area contributed by atoms with Crippen molar-refractivity contribution in [3.8, 4) is 6.07 Å². The van der Waals surface area contributed by atoms with E-state index in [0.29, 0.717) is 13.2 Å². The number of sulfonamides is 1. The number of likely N-dealkylation sites (N-methyl/N-ethyl adjacent to an activating group) is 1. The molecule has 0 N–H and O–H groups in total. The summed E-state index contributed by atoms with van der Waals surface area (Å²) in [5, 5.41) is 8.61. The first-order chi connectivity index (χ1) is 8.56. The topological polar surface area (TPSA) is 83.3 Å². The van der Waals surface area contributed by atoms with Crippen LogP contribution in [-0.4, -0.2) is 44.5 Å². The Hall–Kier alpha value is -1.49. The van der Waals surface area contributed by atoms with Crippen LogP contribution in [0.3, 0.4) is 0 Å². The molecule has 98 valence electrons. The third-order valence-electron chi connectivity index (χ3n) is 2.39. The Labute approximate surface area is 107 Å². The Morgan fingerprint density at radius 1 is 1.50 bits per heavy atom. The fourth-order valence-corrected chi connectivity index (χ4v) is 2.77. The molecule has 1 heterocycles. The number of aromatic nitrogens is 1. The minimum atomic E-state index is -3.57. The quantitative estimate of drug-likeness (QED) is 0.755. The fraction of sp³-hybridized carbons (Fsp3) is 0.455. The molecule has 0 fully saturated rings. The Morgan fingerprint density at radius 3 is 2.67 bits per heavy atom. The van der Waals surface area contributed by atoms with Crippen LogP contribution in [0.2, 0.25) is 0 Å². The number of methoxy groups -OCH3 is 1. The van der Waals surface area contributed by atoms with Crippen LogP contribution in [0.1, 0.15) is 12.6 Å². The largest absolute Gasteiger partial charge is 0.383 e. The van der Waals surface area contributed by atoms with Crippen molar-refractivity contribution in [2.45, 2.75) is 11.8 Å². The van der Waals surface area contributed by atoms with Gasteiger partial charge in [-0.2, -0.15) is 9.57 Å². The predicted molar refractivity (Wildman–Crippen MR) is 65.3 cm³/mol. The van der Waals surface area contributed by atoms with E-state index in [0.717, 1.165) is 0 Å². The Kier molecular flexibility index (Phi) is 5.22. The van der Waals surface area contributed by atoms with Gasteiger partial charge in [0.05, 0.1) is 6.61 Å². The summed E-state index contributed by atoms with van der Waals surface area (Å²) >= 11 is 0. The highest BCUT2D eigenvalue weighted by Gasteiger charge is 2.22. The van der Waals surface area contributed by atoms with Crippen molar-refractivity contribution in [1.82, 2.24) is 9.29 Å². The lowest BCUT2D eigenvalue weighted by molar-refractivity contribution is 0.180. The Bertz CT molecular complexity index is 519. The van der Waals surface area contributed by atoms with Gasteiger partial charge in [-0.1, -0.05) is 6.92 Å². The predicted octanol–water partition coefficient (Wildman–Crippen LogP) is 0.610. The molecular formula is C11H15N3O3S. The van der Waals surface area contributed by atoms with Crippen molar-refractivity contribution >= 4 is 10.0 Å². The number of hydrogen-bond donors (Lipinski definition) is 0. The smallest absolute Gasteiger partial charge is 0.244 e. The van der Waals surface area contributed by atoms with E-state index in [1.54, 1.807) is 6.92 Å². The molecule has 0 spiro atoms. The highest BCUT2D eigenvalue weighted by Crippen LogP contribution is 2.14. The van der Waals surface area contributed by atoms with Gasteiger partial charge in [0.15, 0.2) is 0 Å². The monoisotopic (exact) mass is 269 g/mol. The zero-order valence-corrected chi connectivity index (χ0v) is 11.1. The van der Waals surface area contributed by atoms with Crippen LogP contribution in [-0.2, 0) is 14.8 Å². The Morgan fingerprint density at radius 2 is 2.22 bits per heavy atom. The number of pyridine rings is 1. The van der Waals surface area contributed by atoms with Crippen LogP contribution >= 0.6 is 0 Å². The summed E-state index contributed by atoms with van der Waals surface area (Å²) in [6.07, 6.45) is 1.20. The van der Waals surface area contributed by atoms with E-state index in [-0.39, 0.29) is 17.1 Å². The molecule has 0 aromatic carbocycles. The van der Waals surface area contributed by atoms with Crippen LogP contribution in [0.15, 0.2) is 23.2 Å². The first kappa shape index (κ1) is 14.6. The molecule has 0 atom stereocenters. The normalized spacial score (nSPS) is 11.4. The second-order valence-electron chi connectivity index (χ2n) is 3.48. The average Bonchev–Trinajstić information content (AvgIpc) is 2.39. The minimum absolute atomic E-state index is 0.0828. The van der Waals surface area contributed by atoms with E-state index in [1.165, 1.54) is 29.7 Å². The number of nitriles is 1. The molecule has 6 nitrogen and oxygen atoms in total. The molecule has 18 heavy (non-hydrogen) atoms. The summed E-state index contributed by atoms with van der Waals surface area (Å²) in [6, 6.07) is 4.61. The molecule has 0 bridgehead atoms. The first-order valence-corrected chi connectivity index (χ1v) is 6.85. The summed E-state index contributed by atoms with van der Waals surface area (Å²) in [5.74, 6) is 0. The zero-order valence-electron chi connectivity index (χ0n) is 10.3. The highest BCUT2D eigenvalue weighted by molar-refractivity contribution is 7.89. The van der Waals surface area contributed by atoms with Gasteiger partial charge in [0.1, 0.15) is 16.7 Å². The van der Waals surface area contributed by atoms with E-state index >= 15 is 0 Å². The van der Waals surface area contributed by atoms with Crippen LogP contribution in [0, 0.1) is 11.3 Å². The molecule has 0 radical (unpaired) electrons. The maximum absolute atomic E-state index is 12.2. The van der Waals surface area contributed by atoms with Gasteiger partial charge in [-0.3, -0.25) is 0 Å². The molecule has 0 amide bonds. The van der Waals surface area contributed by atoms with E-state index in [1.807, 2.05) is 6.07 Å². The summed E-state index contributed by atoms with van der Waals surface area (Å²) in [4.78, 5) is 3.85. The lowest BCUT2D eigenvalue weighted by Gasteiger charge is -2.19. The van der Waals surface area contributed by atoms with Gasteiger partial charge in [0.2, 0.25) is 10.0 Å². The van der Waals surface area contributed by atoms with E-state index in [2.05, 4.69) is 4.98 Å². The van der Waals surface area contributed by atoms with Crippen LogP contribution in [0.5, 0.6) is 0 Å². The van der Waals surface area contributed by atoms with Crippen LogP contribution < -0.4 is 0 Å².